The molecule has 0 fully saturated rings. The first kappa shape index (κ1) is 30.2. The second kappa shape index (κ2) is 11.0. The van der Waals surface area contributed by atoms with Crippen molar-refractivity contribution < 1.29 is 35.9 Å². The van der Waals surface area contributed by atoms with Crippen LogP contribution in [-0.2, 0) is 30.6 Å². The average Bonchev–Trinajstić information content (AvgIpc) is 2.79. The molecular weight excluding hydrogens is 533 g/mol. The summed E-state index contributed by atoms with van der Waals surface area (Å²) in [4.78, 5) is 26.2. The van der Waals surface area contributed by atoms with Gasteiger partial charge in [-0.2, -0.15) is 13.2 Å². The molecule has 39 heavy (non-hydrogen) atoms. The van der Waals surface area contributed by atoms with E-state index < -0.39 is 40.0 Å². The van der Waals surface area contributed by atoms with Crippen molar-refractivity contribution in [3.8, 4) is 5.75 Å². The lowest BCUT2D eigenvalue weighted by molar-refractivity contribution is -0.136. The van der Waals surface area contributed by atoms with E-state index in [-0.39, 0.29) is 30.4 Å². The van der Waals surface area contributed by atoms with E-state index >= 15 is 0 Å². The molecule has 1 heterocycles. The van der Waals surface area contributed by atoms with Crippen LogP contribution in [0.1, 0.15) is 63.6 Å². The molecule has 0 aliphatic carbocycles. The molecule has 0 radical (unpaired) electrons. The van der Waals surface area contributed by atoms with Crippen LogP contribution in [0.4, 0.5) is 13.2 Å². The van der Waals surface area contributed by atoms with Crippen molar-refractivity contribution in [3.05, 3.63) is 70.8 Å². The fourth-order valence-electron chi connectivity index (χ4n) is 4.37. The van der Waals surface area contributed by atoms with Crippen molar-refractivity contribution >= 4 is 27.4 Å². The van der Waals surface area contributed by atoms with Gasteiger partial charge in [0.2, 0.25) is 10.0 Å². The Kier molecular flexibility index (Phi) is 8.54. The SMILES string of the molecule is CC(C)(C)c1ccc(C2=C(C(=O)NS(C)(=O)=O)C(=O)N[C@](C)(c3ccc(OCCCC(F)(F)F)cc3)C2)cc1. The Bertz CT molecular complexity index is 1360. The van der Waals surface area contributed by atoms with Crippen LogP contribution in [0.15, 0.2) is 54.1 Å². The fraction of sp³-hybridized carbons (Fsp3) is 0.429. The minimum absolute atomic E-state index is 0.0941. The Balaban J connectivity index is 1.94. The first-order valence-corrected chi connectivity index (χ1v) is 14.3. The molecule has 2 amide bonds. The van der Waals surface area contributed by atoms with Gasteiger partial charge in [-0.3, -0.25) is 9.59 Å². The van der Waals surface area contributed by atoms with E-state index in [0.717, 1.165) is 11.8 Å². The predicted octanol–water partition coefficient (Wildman–Crippen LogP) is 4.97. The van der Waals surface area contributed by atoms with E-state index in [4.69, 9.17) is 4.74 Å². The van der Waals surface area contributed by atoms with E-state index in [1.807, 2.05) is 16.9 Å². The lowest BCUT2D eigenvalue weighted by Gasteiger charge is -2.37. The zero-order valence-corrected chi connectivity index (χ0v) is 23.3. The number of ether oxygens (including phenoxy) is 1. The Hall–Kier alpha value is -3.34. The number of hydrogen-bond donors (Lipinski definition) is 2. The van der Waals surface area contributed by atoms with Crippen molar-refractivity contribution in [3.63, 3.8) is 0 Å². The molecule has 11 heteroatoms. The van der Waals surface area contributed by atoms with Crippen LogP contribution in [-0.4, -0.2) is 39.3 Å². The Morgan fingerprint density at radius 1 is 1.05 bits per heavy atom. The van der Waals surface area contributed by atoms with Gasteiger partial charge in [-0.1, -0.05) is 57.2 Å². The molecule has 7 nitrogen and oxygen atoms in total. The second-order valence-corrected chi connectivity index (χ2v) is 12.7. The molecule has 1 aliphatic rings. The molecule has 2 aromatic rings. The van der Waals surface area contributed by atoms with E-state index in [1.54, 1.807) is 43.3 Å². The monoisotopic (exact) mass is 566 g/mol. The maximum absolute atomic E-state index is 13.3. The summed E-state index contributed by atoms with van der Waals surface area (Å²) in [5.74, 6) is -1.37. The first-order chi connectivity index (χ1) is 17.9. The van der Waals surface area contributed by atoms with E-state index in [1.165, 1.54) is 0 Å². The van der Waals surface area contributed by atoms with Gasteiger partial charge in [0, 0.05) is 12.8 Å². The van der Waals surface area contributed by atoms with E-state index in [0.29, 0.717) is 22.4 Å². The third-order valence-electron chi connectivity index (χ3n) is 6.42. The Labute approximate surface area is 226 Å². The zero-order valence-electron chi connectivity index (χ0n) is 22.5. The van der Waals surface area contributed by atoms with Gasteiger partial charge in [0.25, 0.3) is 11.8 Å². The molecule has 2 N–H and O–H groups in total. The highest BCUT2D eigenvalue weighted by atomic mass is 32.2. The number of sulfonamides is 1. The van der Waals surface area contributed by atoms with Crippen LogP contribution in [0.5, 0.6) is 5.75 Å². The lowest BCUT2D eigenvalue weighted by Crippen LogP contribution is -2.50. The minimum Gasteiger partial charge on any atom is -0.494 e. The van der Waals surface area contributed by atoms with Crippen molar-refractivity contribution in [1.29, 1.82) is 0 Å². The van der Waals surface area contributed by atoms with Crippen LogP contribution in [0.25, 0.3) is 5.57 Å². The van der Waals surface area contributed by atoms with Gasteiger partial charge < -0.3 is 10.1 Å². The molecule has 0 saturated heterocycles. The minimum atomic E-state index is -4.24. The van der Waals surface area contributed by atoms with Crippen molar-refractivity contribution in [1.82, 2.24) is 10.0 Å². The number of benzene rings is 2. The molecule has 0 aromatic heterocycles. The van der Waals surface area contributed by atoms with Gasteiger partial charge in [0.1, 0.15) is 11.3 Å². The largest absolute Gasteiger partial charge is 0.494 e. The highest BCUT2D eigenvalue weighted by molar-refractivity contribution is 7.89. The Morgan fingerprint density at radius 3 is 2.15 bits per heavy atom. The van der Waals surface area contributed by atoms with E-state index in [9.17, 15) is 31.2 Å². The number of rotatable bonds is 8. The summed E-state index contributed by atoms with van der Waals surface area (Å²) >= 11 is 0. The molecule has 3 rings (SSSR count). The number of carbonyl (C=O) groups is 2. The van der Waals surface area contributed by atoms with Gasteiger partial charge in [-0.05, 0) is 53.2 Å². The van der Waals surface area contributed by atoms with Gasteiger partial charge >= 0.3 is 6.18 Å². The van der Waals surface area contributed by atoms with Crippen LogP contribution < -0.4 is 14.8 Å². The van der Waals surface area contributed by atoms with Crippen LogP contribution >= 0.6 is 0 Å². The molecule has 1 atom stereocenters. The summed E-state index contributed by atoms with van der Waals surface area (Å²) < 4.78 is 67.9. The summed E-state index contributed by atoms with van der Waals surface area (Å²) in [5.41, 5.74) is 1.32. The standard InChI is InChI=1S/C28H33F3N2O5S/c1-26(2,3)19-9-7-18(8-10-19)22-17-27(4,32-24(34)23(22)25(35)33-39(5,36)37)20-11-13-21(14-12-20)38-16-6-15-28(29,30)31/h7-14H,6,15-17H2,1-5H3,(H,32,34)(H,33,35)/t27-/m0/s1. The molecular formula is C28H33F3N2O5S. The topological polar surface area (TPSA) is 102 Å². The summed E-state index contributed by atoms with van der Waals surface area (Å²) in [7, 11) is -3.92. The predicted molar refractivity (Wildman–Crippen MR) is 142 cm³/mol. The number of alkyl halides is 3. The van der Waals surface area contributed by atoms with Crippen molar-refractivity contribution in [2.75, 3.05) is 12.9 Å². The summed E-state index contributed by atoms with van der Waals surface area (Å²) in [6, 6.07) is 14.0. The number of halogens is 3. The first-order valence-electron chi connectivity index (χ1n) is 12.4. The highest BCUT2D eigenvalue weighted by Gasteiger charge is 2.40. The smallest absolute Gasteiger partial charge is 0.389 e. The highest BCUT2D eigenvalue weighted by Crippen LogP contribution is 2.39. The second-order valence-electron chi connectivity index (χ2n) is 10.9. The van der Waals surface area contributed by atoms with Crippen molar-refractivity contribution in [2.45, 2.75) is 64.1 Å². The maximum Gasteiger partial charge on any atom is 0.389 e. The number of hydrogen-bond acceptors (Lipinski definition) is 5. The van der Waals surface area contributed by atoms with Gasteiger partial charge in [-0.15, -0.1) is 0 Å². The fourth-order valence-corrected chi connectivity index (χ4v) is 4.81. The molecule has 0 bridgehead atoms. The molecule has 2 aromatic carbocycles. The number of amides is 2. The normalized spacial score (nSPS) is 18.5. The maximum atomic E-state index is 13.3. The lowest BCUT2D eigenvalue weighted by atomic mass is 9.77. The molecule has 1 aliphatic heterocycles. The van der Waals surface area contributed by atoms with Crippen LogP contribution in [0.2, 0.25) is 0 Å². The summed E-state index contributed by atoms with van der Waals surface area (Å²) in [6.07, 6.45) is -4.33. The number of nitrogens with one attached hydrogen (secondary N) is 2. The van der Waals surface area contributed by atoms with Crippen LogP contribution in [0, 0.1) is 0 Å². The molecule has 0 unspecified atom stereocenters. The Morgan fingerprint density at radius 2 is 1.64 bits per heavy atom. The van der Waals surface area contributed by atoms with Gasteiger partial charge in [0.05, 0.1) is 18.4 Å². The van der Waals surface area contributed by atoms with Crippen LogP contribution in [0.3, 0.4) is 0 Å². The average molecular weight is 567 g/mol. The third kappa shape index (κ3) is 8.08. The molecule has 0 saturated carbocycles. The number of carbonyl (C=O) groups excluding carboxylic acids is 2. The van der Waals surface area contributed by atoms with Gasteiger partial charge in [0.15, 0.2) is 0 Å². The summed E-state index contributed by atoms with van der Waals surface area (Å²) in [5, 5.41) is 2.83. The quantitative estimate of drug-likeness (QED) is 0.347. The molecule has 0 spiro atoms. The van der Waals surface area contributed by atoms with Crippen molar-refractivity contribution in [2.24, 2.45) is 0 Å². The zero-order chi connectivity index (χ0) is 29.2. The van der Waals surface area contributed by atoms with Gasteiger partial charge in [-0.25, -0.2) is 13.1 Å². The molecule has 212 valence electrons. The van der Waals surface area contributed by atoms with E-state index in [2.05, 4.69) is 26.1 Å². The summed E-state index contributed by atoms with van der Waals surface area (Å²) in [6.45, 7) is 7.85. The third-order valence-corrected chi connectivity index (χ3v) is 6.97.